The molecule has 4 rings (SSSR count). The highest BCUT2D eigenvalue weighted by atomic mass is 32.1. The summed E-state index contributed by atoms with van der Waals surface area (Å²) in [6, 6.07) is 7.26. The molecule has 3 aromatic rings. The number of aliphatic hydroxyl groups excluding tert-OH is 1. The minimum Gasteiger partial charge on any atom is -0.481 e. The minimum atomic E-state index is -1.07. The highest BCUT2D eigenvalue weighted by Crippen LogP contribution is 2.32. The zero-order valence-electron chi connectivity index (χ0n) is 21.7. The molecule has 1 aliphatic rings. The van der Waals surface area contributed by atoms with Gasteiger partial charge in [0.1, 0.15) is 17.7 Å². The highest BCUT2D eigenvalue weighted by Gasteiger charge is 2.43. The van der Waals surface area contributed by atoms with E-state index < -0.39 is 36.0 Å². The van der Waals surface area contributed by atoms with E-state index in [1.807, 2.05) is 32.9 Å². The summed E-state index contributed by atoms with van der Waals surface area (Å²) >= 11 is 1.52. The molecule has 11 heteroatoms. The first-order chi connectivity index (χ1) is 18.0. The third kappa shape index (κ3) is 5.94. The largest absolute Gasteiger partial charge is 0.481 e. The summed E-state index contributed by atoms with van der Waals surface area (Å²) in [5.74, 6) is -2.33. The summed E-state index contributed by atoms with van der Waals surface area (Å²) in [5.41, 5.74) is 4.89. The van der Waals surface area contributed by atoms with Crippen molar-refractivity contribution < 1.29 is 29.1 Å². The lowest BCUT2D eigenvalue weighted by Gasteiger charge is -2.30. The molecule has 0 aliphatic carbocycles. The molecule has 38 heavy (non-hydrogen) atoms. The zero-order chi connectivity index (χ0) is 27.6. The summed E-state index contributed by atoms with van der Waals surface area (Å²) in [6.07, 6.45) is -1.15. The van der Waals surface area contributed by atoms with Crippen LogP contribution in [-0.4, -0.2) is 61.7 Å². The lowest BCUT2D eigenvalue weighted by atomic mass is 9.91. The molecule has 0 spiro atoms. The van der Waals surface area contributed by atoms with Crippen molar-refractivity contribution in [3.05, 3.63) is 58.6 Å². The molecule has 0 radical (unpaired) electrons. The number of hydrogen-bond acceptors (Lipinski definition) is 8. The highest BCUT2D eigenvalue weighted by molar-refractivity contribution is 7.13. The van der Waals surface area contributed by atoms with Gasteiger partial charge in [0.15, 0.2) is 0 Å². The van der Waals surface area contributed by atoms with Crippen LogP contribution in [0.5, 0.6) is 0 Å². The Morgan fingerprint density at radius 1 is 1.21 bits per heavy atom. The van der Waals surface area contributed by atoms with E-state index >= 15 is 0 Å². The molecular weight excluding hydrogens is 508 g/mol. The fourth-order valence-corrected chi connectivity index (χ4v) is 5.70. The number of nitrogens with zero attached hydrogens (tertiary/aromatic N) is 3. The van der Waals surface area contributed by atoms with Gasteiger partial charge < -0.3 is 25.0 Å². The number of carboxylic acids is 1. The number of aliphatic carboxylic acids is 1. The minimum absolute atomic E-state index is 0.000244. The molecule has 0 saturated carbocycles. The third-order valence-electron chi connectivity index (χ3n) is 6.77. The van der Waals surface area contributed by atoms with E-state index in [4.69, 9.17) is 4.52 Å². The van der Waals surface area contributed by atoms with Crippen molar-refractivity contribution in [1.29, 1.82) is 0 Å². The molecule has 1 aromatic carbocycles. The topological polar surface area (TPSA) is 146 Å². The zero-order valence-corrected chi connectivity index (χ0v) is 22.6. The van der Waals surface area contributed by atoms with Gasteiger partial charge >= 0.3 is 5.97 Å². The van der Waals surface area contributed by atoms with Crippen LogP contribution >= 0.6 is 11.3 Å². The van der Waals surface area contributed by atoms with Gasteiger partial charge in [-0.25, -0.2) is 4.98 Å². The van der Waals surface area contributed by atoms with Crippen LogP contribution in [0.25, 0.3) is 10.4 Å². The maximum atomic E-state index is 13.6. The number of carbonyl (C=O) groups excluding carboxylic acids is 2. The Hall–Kier alpha value is -3.57. The number of amides is 2. The van der Waals surface area contributed by atoms with Gasteiger partial charge in [0.05, 0.1) is 40.3 Å². The number of carboxylic acid groups (broad SMARTS) is 1. The number of likely N-dealkylation sites (tertiary alicyclic amines) is 1. The van der Waals surface area contributed by atoms with Gasteiger partial charge in [0.25, 0.3) is 0 Å². The molecule has 2 aromatic heterocycles. The van der Waals surface area contributed by atoms with Crippen molar-refractivity contribution >= 4 is 29.1 Å². The Morgan fingerprint density at radius 3 is 2.47 bits per heavy atom. The van der Waals surface area contributed by atoms with E-state index in [1.165, 1.54) is 16.2 Å². The molecule has 10 nitrogen and oxygen atoms in total. The van der Waals surface area contributed by atoms with Crippen molar-refractivity contribution in [3.8, 4) is 10.4 Å². The number of aryl methyl sites for hydroxylation is 2. The monoisotopic (exact) mass is 540 g/mol. The SMILES string of the molecule is Cc1cc(C(C(=O)N2CC(O)CC2C(=O)NC(CC(=O)O)c2ccc(-c3scnc3C)cc2)C(C)C)on1. The number of β-amino-alcohol motifs (C(OH)–C–C–N with tert-alkyl or cyclic N) is 1. The van der Waals surface area contributed by atoms with Crippen LogP contribution < -0.4 is 5.32 Å². The summed E-state index contributed by atoms with van der Waals surface area (Å²) in [6.45, 7) is 7.44. The van der Waals surface area contributed by atoms with Crippen LogP contribution in [0, 0.1) is 19.8 Å². The first-order valence-corrected chi connectivity index (χ1v) is 13.4. The number of aliphatic hydroxyl groups is 1. The maximum Gasteiger partial charge on any atom is 0.305 e. The number of rotatable bonds is 9. The normalized spacial score (nSPS) is 18.9. The Kier molecular flexibility index (Phi) is 8.27. The molecule has 0 bridgehead atoms. The molecule has 3 heterocycles. The maximum absolute atomic E-state index is 13.6. The summed E-state index contributed by atoms with van der Waals surface area (Å²) < 4.78 is 5.37. The smallest absolute Gasteiger partial charge is 0.305 e. The van der Waals surface area contributed by atoms with Gasteiger partial charge in [-0.05, 0) is 30.9 Å². The second-order valence-electron chi connectivity index (χ2n) is 10.0. The summed E-state index contributed by atoms with van der Waals surface area (Å²) in [5, 5.41) is 26.6. The van der Waals surface area contributed by atoms with E-state index in [0.29, 0.717) is 17.0 Å². The van der Waals surface area contributed by atoms with Gasteiger partial charge in [0.2, 0.25) is 11.8 Å². The predicted octanol–water partition coefficient (Wildman–Crippen LogP) is 3.45. The second-order valence-corrected chi connectivity index (χ2v) is 10.9. The van der Waals surface area contributed by atoms with E-state index in [2.05, 4.69) is 15.5 Å². The Morgan fingerprint density at radius 2 is 1.92 bits per heavy atom. The van der Waals surface area contributed by atoms with E-state index in [0.717, 1.165) is 16.1 Å². The van der Waals surface area contributed by atoms with Crippen molar-refractivity contribution in [1.82, 2.24) is 20.4 Å². The van der Waals surface area contributed by atoms with Gasteiger partial charge in [-0.1, -0.05) is 43.3 Å². The number of aromatic nitrogens is 2. The van der Waals surface area contributed by atoms with Gasteiger partial charge in [0, 0.05) is 19.0 Å². The van der Waals surface area contributed by atoms with Crippen molar-refractivity contribution in [2.24, 2.45) is 5.92 Å². The third-order valence-corrected chi connectivity index (χ3v) is 7.74. The van der Waals surface area contributed by atoms with Crippen LogP contribution in [0.3, 0.4) is 0 Å². The van der Waals surface area contributed by atoms with Gasteiger partial charge in [-0.2, -0.15) is 0 Å². The first-order valence-electron chi connectivity index (χ1n) is 12.5. The quantitative estimate of drug-likeness (QED) is 0.374. The van der Waals surface area contributed by atoms with E-state index in [9.17, 15) is 24.6 Å². The summed E-state index contributed by atoms with van der Waals surface area (Å²) in [7, 11) is 0. The van der Waals surface area contributed by atoms with Gasteiger partial charge in [-0.3, -0.25) is 14.4 Å². The molecule has 4 atom stereocenters. The van der Waals surface area contributed by atoms with Crippen LogP contribution in [0.4, 0.5) is 0 Å². The number of thiazole rings is 1. The van der Waals surface area contributed by atoms with Crippen molar-refractivity contribution in [2.45, 2.75) is 64.6 Å². The molecular formula is C27H32N4O6S. The summed E-state index contributed by atoms with van der Waals surface area (Å²) in [4.78, 5) is 45.4. The van der Waals surface area contributed by atoms with Gasteiger partial charge in [-0.15, -0.1) is 11.3 Å². The first kappa shape index (κ1) is 27.5. The number of benzene rings is 1. The molecule has 3 N–H and O–H groups in total. The molecule has 2 amide bonds. The lowest BCUT2D eigenvalue weighted by molar-refractivity contribution is -0.142. The average Bonchev–Trinajstić information content (AvgIpc) is 3.58. The Balaban J connectivity index is 1.55. The van der Waals surface area contributed by atoms with Crippen molar-refractivity contribution in [3.63, 3.8) is 0 Å². The fourth-order valence-electron chi connectivity index (χ4n) is 4.89. The molecule has 1 aliphatic heterocycles. The van der Waals surface area contributed by atoms with Crippen LogP contribution in [0.2, 0.25) is 0 Å². The second kappa shape index (κ2) is 11.4. The number of nitrogens with one attached hydrogen (secondary N) is 1. The molecule has 4 unspecified atom stereocenters. The lowest BCUT2D eigenvalue weighted by Crippen LogP contribution is -2.49. The Labute approximate surface area is 224 Å². The van der Waals surface area contributed by atoms with E-state index in [-0.39, 0.29) is 31.2 Å². The predicted molar refractivity (Wildman–Crippen MR) is 140 cm³/mol. The van der Waals surface area contributed by atoms with Crippen LogP contribution in [0.1, 0.15) is 61.4 Å². The average molecular weight is 541 g/mol. The van der Waals surface area contributed by atoms with Crippen LogP contribution in [-0.2, 0) is 14.4 Å². The van der Waals surface area contributed by atoms with Crippen molar-refractivity contribution in [2.75, 3.05) is 6.54 Å². The fraction of sp³-hybridized carbons (Fsp3) is 0.444. The molecule has 1 saturated heterocycles. The Bertz CT molecular complexity index is 1300. The van der Waals surface area contributed by atoms with Crippen LogP contribution in [0.15, 0.2) is 40.4 Å². The number of hydrogen-bond donors (Lipinski definition) is 3. The van der Waals surface area contributed by atoms with E-state index in [1.54, 1.807) is 30.6 Å². The molecule has 202 valence electrons. The molecule has 1 fully saturated rings. The number of carbonyl (C=O) groups is 3. The standard InChI is InChI=1S/C27H32N4O6S/c1-14(2)24(22-9-15(3)30-37-22)27(36)31-12-19(32)10-21(31)26(35)29-20(11-23(33)34)17-5-7-18(8-6-17)25-16(4)28-13-38-25/h5-9,13-14,19-21,24,32H,10-12H2,1-4H3,(H,29,35)(H,33,34).